The van der Waals surface area contributed by atoms with Crippen LogP contribution in [0, 0.1) is 0 Å². The van der Waals surface area contributed by atoms with Gasteiger partial charge in [0.25, 0.3) is 0 Å². The fraction of sp³-hybridized carbons (Fsp3) is 0.238. The van der Waals surface area contributed by atoms with Gasteiger partial charge in [0.05, 0.1) is 16.7 Å². The summed E-state index contributed by atoms with van der Waals surface area (Å²) in [6.45, 7) is 0.950. The van der Waals surface area contributed by atoms with E-state index in [1.165, 1.54) is 0 Å². The van der Waals surface area contributed by atoms with Crippen molar-refractivity contribution < 1.29 is 8.42 Å². The van der Waals surface area contributed by atoms with Crippen LogP contribution in [0.15, 0.2) is 66.2 Å². The molecule has 0 aliphatic carbocycles. The Morgan fingerprint density at radius 3 is 2.72 bits per heavy atom. The number of hydrogen-bond donors (Lipinski definition) is 0. The van der Waals surface area contributed by atoms with E-state index in [9.17, 15) is 8.42 Å². The number of benzene rings is 1. The lowest BCUT2D eigenvalue weighted by Gasteiger charge is -2.18. The molecule has 0 amide bonds. The van der Waals surface area contributed by atoms with Gasteiger partial charge in [0.1, 0.15) is 5.52 Å². The minimum Gasteiger partial charge on any atom is -0.304 e. The second-order valence-electron chi connectivity index (χ2n) is 7.17. The minimum absolute atomic E-state index is 0.0116. The molecule has 1 unspecified atom stereocenters. The van der Waals surface area contributed by atoms with Crippen molar-refractivity contribution in [1.29, 1.82) is 0 Å². The zero-order valence-corrected chi connectivity index (χ0v) is 17.3. The van der Waals surface area contributed by atoms with Gasteiger partial charge >= 0.3 is 0 Å². The number of pyridine rings is 1. The molecule has 6 nitrogen and oxygen atoms in total. The highest BCUT2D eigenvalue weighted by molar-refractivity contribution is 7.88. The maximum absolute atomic E-state index is 13.0. The smallest absolute Gasteiger partial charge is 0.218 e. The molecule has 1 aromatic carbocycles. The van der Waals surface area contributed by atoms with E-state index in [0.717, 1.165) is 33.8 Å². The Hall–Kier alpha value is -2.55. The second-order valence-corrected chi connectivity index (χ2v) is 10.1. The van der Waals surface area contributed by atoms with E-state index in [1.807, 2.05) is 60.0 Å². The van der Waals surface area contributed by atoms with Crippen molar-refractivity contribution in [2.75, 3.05) is 13.1 Å². The number of hydrogen-bond acceptors (Lipinski definition) is 5. The molecule has 0 N–H and O–H groups in total. The van der Waals surface area contributed by atoms with Gasteiger partial charge in [0.2, 0.25) is 10.0 Å². The maximum Gasteiger partial charge on any atom is 0.218 e. The monoisotopic (exact) mass is 424 g/mol. The number of rotatable bonds is 5. The van der Waals surface area contributed by atoms with E-state index in [4.69, 9.17) is 4.98 Å². The maximum atomic E-state index is 13.0. The van der Waals surface area contributed by atoms with Crippen LogP contribution in [0.1, 0.15) is 18.0 Å². The van der Waals surface area contributed by atoms with Crippen LogP contribution in [0.25, 0.3) is 21.9 Å². The van der Waals surface area contributed by atoms with Crippen LogP contribution in [0.4, 0.5) is 0 Å². The topological polar surface area (TPSA) is 68.1 Å². The van der Waals surface area contributed by atoms with Gasteiger partial charge in [-0.15, -0.1) is 11.3 Å². The van der Waals surface area contributed by atoms with E-state index in [0.29, 0.717) is 13.1 Å². The average Bonchev–Trinajstić information content (AvgIpc) is 3.46. The molecule has 1 aliphatic rings. The summed E-state index contributed by atoms with van der Waals surface area (Å²) in [7, 11) is -3.38. The molecule has 0 spiro atoms. The third-order valence-electron chi connectivity index (χ3n) is 5.27. The van der Waals surface area contributed by atoms with Gasteiger partial charge in [-0.25, -0.2) is 18.4 Å². The van der Waals surface area contributed by atoms with Gasteiger partial charge in [-0.05, 0) is 35.6 Å². The molecule has 1 aliphatic heterocycles. The van der Waals surface area contributed by atoms with Crippen molar-refractivity contribution in [3.63, 3.8) is 0 Å². The predicted octanol–water partition coefficient (Wildman–Crippen LogP) is 3.94. The molecule has 0 radical (unpaired) electrons. The summed E-state index contributed by atoms with van der Waals surface area (Å²) in [5.74, 6) is 0.891. The van der Waals surface area contributed by atoms with Crippen molar-refractivity contribution in [2.45, 2.75) is 18.2 Å². The Bertz CT molecular complexity index is 1230. The lowest BCUT2D eigenvalue weighted by atomic mass is 10.2. The fourth-order valence-electron chi connectivity index (χ4n) is 3.91. The zero-order chi connectivity index (χ0) is 19.8. The molecule has 0 saturated carbocycles. The second kappa shape index (κ2) is 7.37. The summed E-state index contributed by atoms with van der Waals surface area (Å²) < 4.78 is 29.7. The van der Waals surface area contributed by atoms with E-state index >= 15 is 0 Å². The van der Waals surface area contributed by atoms with Gasteiger partial charge < -0.3 is 4.57 Å². The zero-order valence-electron chi connectivity index (χ0n) is 15.7. The standard InChI is InChI=1S/C21H20N4O2S2/c26-29(27,15-16-6-2-1-3-7-16)24-12-10-17(14-24)25-20-18(8-4-11-22-20)23-21(25)19-9-5-13-28-19/h1-9,11,13,17H,10,12,14-15H2. The first-order valence-corrected chi connectivity index (χ1v) is 12.0. The normalized spacial score (nSPS) is 17.9. The summed E-state index contributed by atoms with van der Waals surface area (Å²) in [5.41, 5.74) is 2.45. The molecule has 0 bridgehead atoms. The van der Waals surface area contributed by atoms with E-state index in [-0.39, 0.29) is 11.8 Å². The van der Waals surface area contributed by atoms with Crippen LogP contribution in [0.3, 0.4) is 0 Å². The third kappa shape index (κ3) is 3.48. The summed E-state index contributed by atoms with van der Waals surface area (Å²) in [6, 6.07) is 17.2. The minimum atomic E-state index is -3.38. The van der Waals surface area contributed by atoms with Crippen molar-refractivity contribution in [3.05, 3.63) is 71.7 Å². The largest absolute Gasteiger partial charge is 0.304 e. The number of fused-ring (bicyclic) bond motifs is 1. The van der Waals surface area contributed by atoms with Crippen LogP contribution in [0.5, 0.6) is 0 Å². The van der Waals surface area contributed by atoms with Gasteiger partial charge in [-0.1, -0.05) is 36.4 Å². The molecule has 29 heavy (non-hydrogen) atoms. The Kier molecular flexibility index (Phi) is 4.69. The van der Waals surface area contributed by atoms with Crippen molar-refractivity contribution >= 4 is 32.5 Å². The van der Waals surface area contributed by atoms with Gasteiger partial charge in [0.15, 0.2) is 11.5 Å². The molecule has 148 valence electrons. The molecule has 4 aromatic rings. The van der Waals surface area contributed by atoms with E-state index in [1.54, 1.807) is 21.8 Å². The number of thiophene rings is 1. The van der Waals surface area contributed by atoms with E-state index < -0.39 is 10.0 Å². The third-order valence-corrected chi connectivity index (χ3v) is 7.95. The highest BCUT2D eigenvalue weighted by Crippen LogP contribution is 2.34. The van der Waals surface area contributed by atoms with Crippen molar-refractivity contribution in [3.8, 4) is 10.7 Å². The van der Waals surface area contributed by atoms with Crippen molar-refractivity contribution in [2.24, 2.45) is 0 Å². The van der Waals surface area contributed by atoms with Crippen LogP contribution >= 0.6 is 11.3 Å². The first kappa shape index (κ1) is 18.5. The fourth-order valence-corrected chi connectivity index (χ4v) is 6.19. The Balaban J connectivity index is 1.47. The van der Waals surface area contributed by atoms with E-state index in [2.05, 4.69) is 9.55 Å². The summed E-state index contributed by atoms with van der Waals surface area (Å²) in [4.78, 5) is 10.4. The van der Waals surface area contributed by atoms with Gasteiger partial charge in [0, 0.05) is 19.3 Å². The lowest BCUT2D eigenvalue weighted by Crippen LogP contribution is -2.30. The lowest BCUT2D eigenvalue weighted by molar-refractivity contribution is 0.454. The predicted molar refractivity (Wildman–Crippen MR) is 115 cm³/mol. The molecule has 8 heteroatoms. The Labute approximate surface area is 173 Å². The van der Waals surface area contributed by atoms with Crippen molar-refractivity contribution in [1.82, 2.24) is 18.8 Å². The van der Waals surface area contributed by atoms with Crippen LogP contribution in [-0.4, -0.2) is 40.3 Å². The molecular weight excluding hydrogens is 404 g/mol. The molecule has 4 heterocycles. The quantitative estimate of drug-likeness (QED) is 0.487. The molecule has 1 atom stereocenters. The molecular formula is C21H20N4O2S2. The molecule has 1 fully saturated rings. The van der Waals surface area contributed by atoms with Gasteiger partial charge in [-0.2, -0.15) is 4.31 Å². The number of aromatic nitrogens is 3. The van der Waals surface area contributed by atoms with Gasteiger partial charge in [-0.3, -0.25) is 0 Å². The number of nitrogens with zero attached hydrogens (tertiary/aromatic N) is 4. The van der Waals surface area contributed by atoms with Crippen LogP contribution in [-0.2, 0) is 15.8 Å². The summed E-state index contributed by atoms with van der Waals surface area (Å²) in [6.07, 6.45) is 2.51. The SMILES string of the molecule is O=S(=O)(Cc1ccccc1)N1CCC(n2c(-c3cccs3)nc3cccnc32)C1. The number of imidazole rings is 1. The highest BCUT2D eigenvalue weighted by atomic mass is 32.2. The summed E-state index contributed by atoms with van der Waals surface area (Å²) >= 11 is 1.63. The summed E-state index contributed by atoms with van der Waals surface area (Å²) in [5, 5.41) is 2.03. The first-order chi connectivity index (χ1) is 14.1. The van der Waals surface area contributed by atoms with Crippen LogP contribution in [0.2, 0.25) is 0 Å². The van der Waals surface area contributed by atoms with Crippen LogP contribution < -0.4 is 0 Å². The molecule has 1 saturated heterocycles. The Morgan fingerprint density at radius 1 is 1.07 bits per heavy atom. The molecule has 3 aromatic heterocycles. The highest BCUT2D eigenvalue weighted by Gasteiger charge is 2.34. The molecule has 5 rings (SSSR count). The Morgan fingerprint density at radius 2 is 1.93 bits per heavy atom. The number of sulfonamides is 1. The first-order valence-electron chi connectivity index (χ1n) is 9.50. The average molecular weight is 425 g/mol.